The molecule has 94 valence electrons. The smallest absolute Gasteiger partial charge is 0.166 e. The van der Waals surface area contributed by atoms with Crippen molar-refractivity contribution in [2.24, 2.45) is 0 Å². The molecule has 1 heterocycles. The van der Waals surface area contributed by atoms with Gasteiger partial charge in [-0.1, -0.05) is 11.6 Å². The molecule has 2 nitrogen and oxygen atoms in total. The lowest BCUT2D eigenvalue weighted by Gasteiger charge is -2.09. The van der Waals surface area contributed by atoms with Crippen LogP contribution >= 0.6 is 27.5 Å². The van der Waals surface area contributed by atoms with E-state index in [1.807, 2.05) is 0 Å². The Kier molecular flexibility index (Phi) is 3.77. The number of nitrogens with one attached hydrogen (secondary N) is 1. The van der Waals surface area contributed by atoms with Crippen molar-refractivity contribution >= 4 is 39.0 Å². The van der Waals surface area contributed by atoms with Crippen molar-refractivity contribution in [1.29, 1.82) is 0 Å². The highest BCUT2D eigenvalue weighted by atomic mass is 79.9. The van der Waals surface area contributed by atoms with Crippen molar-refractivity contribution in [3.8, 4) is 0 Å². The summed E-state index contributed by atoms with van der Waals surface area (Å²) >= 11 is 8.71. The molecule has 2 aromatic rings. The zero-order chi connectivity index (χ0) is 13.3. The second-order valence-electron chi connectivity index (χ2n) is 3.35. The van der Waals surface area contributed by atoms with E-state index in [0.717, 1.165) is 12.1 Å². The van der Waals surface area contributed by atoms with Crippen LogP contribution in [0.25, 0.3) is 0 Å². The maximum atomic E-state index is 13.5. The molecule has 0 spiro atoms. The lowest BCUT2D eigenvalue weighted by molar-refractivity contribution is 0.585. The molecule has 0 fully saturated rings. The van der Waals surface area contributed by atoms with Gasteiger partial charge in [0, 0.05) is 16.7 Å². The van der Waals surface area contributed by atoms with Gasteiger partial charge in [-0.2, -0.15) is 0 Å². The van der Waals surface area contributed by atoms with Crippen LogP contribution in [-0.2, 0) is 0 Å². The van der Waals surface area contributed by atoms with Crippen LogP contribution in [-0.4, -0.2) is 4.98 Å². The molecular weight excluding hydrogens is 332 g/mol. The van der Waals surface area contributed by atoms with E-state index in [1.54, 1.807) is 0 Å². The van der Waals surface area contributed by atoms with Crippen LogP contribution in [0.15, 0.2) is 28.9 Å². The van der Waals surface area contributed by atoms with Crippen molar-refractivity contribution in [2.75, 3.05) is 5.32 Å². The largest absolute Gasteiger partial charge is 0.334 e. The number of anilines is 2. The number of hydrogen-bond acceptors (Lipinski definition) is 2. The van der Waals surface area contributed by atoms with Crippen LogP contribution < -0.4 is 5.32 Å². The maximum absolute atomic E-state index is 13.5. The van der Waals surface area contributed by atoms with Gasteiger partial charge in [-0.3, -0.25) is 0 Å². The summed E-state index contributed by atoms with van der Waals surface area (Å²) in [5, 5.41) is 2.19. The molecule has 1 aromatic heterocycles. The van der Waals surface area contributed by atoms with Crippen molar-refractivity contribution in [3.63, 3.8) is 0 Å². The molecule has 0 radical (unpaired) electrons. The molecule has 0 atom stereocenters. The van der Waals surface area contributed by atoms with Crippen molar-refractivity contribution < 1.29 is 13.2 Å². The van der Waals surface area contributed by atoms with Crippen LogP contribution in [0.2, 0.25) is 5.02 Å². The third-order valence-electron chi connectivity index (χ3n) is 2.06. The number of halogens is 5. The first-order valence-corrected chi connectivity index (χ1v) is 5.87. The van der Waals surface area contributed by atoms with Gasteiger partial charge in [0.05, 0.1) is 10.7 Å². The highest BCUT2D eigenvalue weighted by molar-refractivity contribution is 9.10. The molecule has 0 saturated carbocycles. The molecule has 0 amide bonds. The molecule has 2 rings (SSSR count). The topological polar surface area (TPSA) is 24.9 Å². The van der Waals surface area contributed by atoms with E-state index in [0.29, 0.717) is 10.5 Å². The number of pyridine rings is 1. The Morgan fingerprint density at radius 1 is 1.11 bits per heavy atom. The monoisotopic (exact) mass is 336 g/mol. The molecular formula is C11H5BrClF3N2. The van der Waals surface area contributed by atoms with E-state index >= 15 is 0 Å². The Labute approximate surface area is 114 Å². The Morgan fingerprint density at radius 3 is 2.44 bits per heavy atom. The Bertz CT molecular complexity index is 584. The van der Waals surface area contributed by atoms with E-state index in [2.05, 4.69) is 26.2 Å². The molecule has 0 bridgehead atoms. The fraction of sp³-hybridized carbons (Fsp3) is 0. The minimum absolute atomic E-state index is 0.198. The van der Waals surface area contributed by atoms with Crippen molar-refractivity contribution in [3.05, 3.63) is 51.3 Å². The first kappa shape index (κ1) is 13.2. The fourth-order valence-corrected chi connectivity index (χ4v) is 1.83. The maximum Gasteiger partial charge on any atom is 0.166 e. The van der Waals surface area contributed by atoms with Gasteiger partial charge in [-0.05, 0) is 28.1 Å². The molecule has 1 aromatic carbocycles. The molecule has 1 N–H and O–H groups in total. The average molecular weight is 338 g/mol. The summed E-state index contributed by atoms with van der Waals surface area (Å²) in [6, 6.07) is 2.72. The van der Waals surface area contributed by atoms with Crippen LogP contribution in [0.4, 0.5) is 24.7 Å². The summed E-state index contributed by atoms with van der Waals surface area (Å²) in [5.74, 6) is -2.63. The normalized spacial score (nSPS) is 10.5. The minimum Gasteiger partial charge on any atom is -0.334 e. The second kappa shape index (κ2) is 5.16. The van der Waals surface area contributed by atoms with Gasteiger partial charge in [0.15, 0.2) is 17.5 Å². The number of benzene rings is 1. The Balaban J connectivity index is 2.40. The zero-order valence-corrected chi connectivity index (χ0v) is 11.0. The molecule has 0 unspecified atom stereocenters. The highest BCUT2D eigenvalue weighted by Crippen LogP contribution is 2.30. The first-order valence-electron chi connectivity index (χ1n) is 4.70. The predicted molar refractivity (Wildman–Crippen MR) is 66.5 cm³/mol. The van der Waals surface area contributed by atoms with Gasteiger partial charge in [-0.25, -0.2) is 18.2 Å². The van der Waals surface area contributed by atoms with E-state index < -0.39 is 17.5 Å². The van der Waals surface area contributed by atoms with Crippen molar-refractivity contribution in [1.82, 2.24) is 4.98 Å². The lowest BCUT2D eigenvalue weighted by atomic mass is 10.3. The Morgan fingerprint density at radius 2 is 1.83 bits per heavy atom. The number of hydrogen-bond donors (Lipinski definition) is 1. The fourth-order valence-electron chi connectivity index (χ4n) is 1.29. The van der Waals surface area contributed by atoms with Crippen LogP contribution in [0.5, 0.6) is 0 Å². The molecule has 18 heavy (non-hydrogen) atoms. The van der Waals surface area contributed by atoms with Crippen LogP contribution in [0.3, 0.4) is 0 Å². The zero-order valence-electron chi connectivity index (χ0n) is 8.65. The third-order valence-corrected chi connectivity index (χ3v) is 2.79. The summed E-state index contributed by atoms with van der Waals surface area (Å²) in [5.41, 5.74) is -0.230. The first-order chi connectivity index (χ1) is 8.47. The number of aromatic nitrogens is 1. The van der Waals surface area contributed by atoms with Gasteiger partial charge in [0.2, 0.25) is 0 Å². The van der Waals surface area contributed by atoms with Gasteiger partial charge in [0.1, 0.15) is 5.82 Å². The summed E-state index contributed by atoms with van der Waals surface area (Å²) in [6.45, 7) is 0. The van der Waals surface area contributed by atoms with Gasteiger partial charge < -0.3 is 5.32 Å². The molecule has 0 aliphatic heterocycles. The molecule has 0 saturated heterocycles. The SMILES string of the molecule is Fc1cc(F)c(Nc2ncc(Br)cc2F)c(Cl)c1. The predicted octanol–water partition coefficient (Wildman–Crippen LogP) is 4.66. The minimum atomic E-state index is -0.927. The van der Waals surface area contributed by atoms with Crippen LogP contribution in [0, 0.1) is 17.5 Å². The lowest BCUT2D eigenvalue weighted by Crippen LogP contribution is -2.00. The number of nitrogens with zero attached hydrogens (tertiary/aromatic N) is 1. The Hall–Kier alpha value is -1.27. The van der Waals surface area contributed by atoms with Gasteiger partial charge >= 0.3 is 0 Å². The highest BCUT2D eigenvalue weighted by Gasteiger charge is 2.13. The molecule has 0 aliphatic carbocycles. The second-order valence-corrected chi connectivity index (χ2v) is 4.68. The van der Waals surface area contributed by atoms with E-state index in [4.69, 9.17) is 11.6 Å². The summed E-state index contributed by atoms with van der Waals surface area (Å²) in [6.07, 6.45) is 1.33. The van der Waals surface area contributed by atoms with E-state index in [1.165, 1.54) is 6.20 Å². The quantitative estimate of drug-likeness (QED) is 0.862. The van der Waals surface area contributed by atoms with Crippen LogP contribution in [0.1, 0.15) is 0 Å². The van der Waals surface area contributed by atoms with Gasteiger partial charge in [0.25, 0.3) is 0 Å². The van der Waals surface area contributed by atoms with Crippen molar-refractivity contribution in [2.45, 2.75) is 0 Å². The third kappa shape index (κ3) is 2.76. The van der Waals surface area contributed by atoms with E-state index in [-0.39, 0.29) is 16.5 Å². The average Bonchev–Trinajstić information content (AvgIpc) is 2.25. The molecule has 7 heteroatoms. The number of rotatable bonds is 2. The summed E-state index contributed by atoms with van der Waals surface area (Å²) in [7, 11) is 0. The summed E-state index contributed by atoms with van der Waals surface area (Å²) < 4.78 is 40.2. The van der Waals surface area contributed by atoms with Gasteiger partial charge in [-0.15, -0.1) is 0 Å². The van der Waals surface area contributed by atoms with E-state index in [9.17, 15) is 13.2 Å². The summed E-state index contributed by atoms with van der Waals surface area (Å²) in [4.78, 5) is 3.73. The molecule has 0 aliphatic rings. The standard InChI is InChI=1S/C11H5BrClF3N2/c12-5-1-9(16)11(17-4-5)18-10-7(13)2-6(14)3-8(10)15/h1-4H,(H,17,18).